The van der Waals surface area contributed by atoms with Gasteiger partial charge in [0.05, 0.1) is 0 Å². The lowest BCUT2D eigenvalue weighted by Crippen LogP contribution is -2.16. The highest BCUT2D eigenvalue weighted by Crippen LogP contribution is 2.37. The van der Waals surface area contributed by atoms with E-state index in [1.54, 1.807) is 18.2 Å². The van der Waals surface area contributed by atoms with Crippen LogP contribution in [0.1, 0.15) is 44.1 Å². The predicted octanol–water partition coefficient (Wildman–Crippen LogP) is 8.35. The van der Waals surface area contributed by atoms with Gasteiger partial charge in [0.25, 0.3) is 0 Å². The Bertz CT molecular complexity index is 1010. The van der Waals surface area contributed by atoms with E-state index in [4.69, 9.17) is 0 Å². The average molecular weight is 428 g/mol. The lowest BCUT2D eigenvalue weighted by atomic mass is 9.79. The van der Waals surface area contributed by atoms with E-state index in [1.807, 2.05) is 36.4 Å². The number of hydrogen-bond donors (Lipinski definition) is 0. The number of alkyl halides is 3. The average Bonchev–Trinajstić information content (AvgIpc) is 2.74. The second-order valence-corrected chi connectivity index (χ2v) is 8.35. The second-order valence-electron chi connectivity index (χ2n) is 8.35. The molecule has 0 bridgehead atoms. The van der Waals surface area contributed by atoms with Crippen LogP contribution in [-0.2, 0) is 0 Å². The van der Waals surface area contributed by atoms with Crippen molar-refractivity contribution in [2.24, 2.45) is 5.92 Å². The zero-order chi connectivity index (χ0) is 22.0. The maximum atomic E-state index is 14.9. The molecule has 0 heterocycles. The highest BCUT2D eigenvalue weighted by atomic mass is 19.4. The second kappa shape index (κ2) is 8.74. The molecule has 0 amide bonds. The summed E-state index contributed by atoms with van der Waals surface area (Å²) < 4.78 is 55.7. The molecular formula is C26H24F4O. The van der Waals surface area contributed by atoms with E-state index in [1.165, 1.54) is 25.0 Å². The molecule has 0 aromatic heterocycles. The molecule has 0 N–H and O–H groups in total. The first kappa shape index (κ1) is 21.4. The number of hydrogen-bond acceptors (Lipinski definition) is 1. The topological polar surface area (TPSA) is 9.23 Å². The van der Waals surface area contributed by atoms with Gasteiger partial charge in [-0.15, -0.1) is 13.2 Å². The zero-order valence-corrected chi connectivity index (χ0v) is 17.3. The van der Waals surface area contributed by atoms with Crippen LogP contribution in [0.5, 0.6) is 5.75 Å². The Hall–Kier alpha value is -2.82. The monoisotopic (exact) mass is 428 g/mol. The molecule has 31 heavy (non-hydrogen) atoms. The summed E-state index contributed by atoms with van der Waals surface area (Å²) in [7, 11) is 0. The summed E-state index contributed by atoms with van der Waals surface area (Å²) in [4.78, 5) is 0. The van der Waals surface area contributed by atoms with Gasteiger partial charge < -0.3 is 4.74 Å². The van der Waals surface area contributed by atoms with Gasteiger partial charge in [-0.2, -0.15) is 0 Å². The van der Waals surface area contributed by atoms with Crippen molar-refractivity contribution in [1.29, 1.82) is 0 Å². The molecule has 1 aliphatic rings. The number of rotatable bonds is 4. The summed E-state index contributed by atoms with van der Waals surface area (Å²) in [6.45, 7) is 2.27. The van der Waals surface area contributed by atoms with Crippen molar-refractivity contribution in [1.82, 2.24) is 0 Å². The minimum absolute atomic E-state index is 0.225. The third-order valence-corrected chi connectivity index (χ3v) is 6.10. The minimum Gasteiger partial charge on any atom is -0.406 e. The lowest BCUT2D eigenvalue weighted by molar-refractivity contribution is -0.274. The molecule has 0 saturated heterocycles. The molecule has 162 valence electrons. The molecule has 0 atom stereocenters. The summed E-state index contributed by atoms with van der Waals surface area (Å²) in [5.41, 5.74) is 3.97. The Kier molecular flexibility index (Phi) is 6.03. The van der Waals surface area contributed by atoms with Crippen molar-refractivity contribution in [2.75, 3.05) is 0 Å². The van der Waals surface area contributed by atoms with Gasteiger partial charge >= 0.3 is 6.36 Å². The summed E-state index contributed by atoms with van der Waals surface area (Å²) in [5, 5.41) is 0. The molecule has 4 rings (SSSR count). The van der Waals surface area contributed by atoms with E-state index < -0.39 is 6.36 Å². The van der Waals surface area contributed by atoms with Gasteiger partial charge in [0, 0.05) is 5.56 Å². The maximum Gasteiger partial charge on any atom is 0.573 e. The first-order valence-corrected chi connectivity index (χ1v) is 10.5. The van der Waals surface area contributed by atoms with Crippen LogP contribution in [0.4, 0.5) is 17.6 Å². The molecule has 3 aromatic carbocycles. The van der Waals surface area contributed by atoms with E-state index >= 15 is 0 Å². The number of ether oxygens (including phenoxy) is 1. The predicted molar refractivity (Wildman–Crippen MR) is 114 cm³/mol. The largest absolute Gasteiger partial charge is 0.573 e. The fourth-order valence-electron chi connectivity index (χ4n) is 4.30. The maximum absolute atomic E-state index is 14.9. The summed E-state index contributed by atoms with van der Waals surface area (Å²) >= 11 is 0. The van der Waals surface area contributed by atoms with Gasteiger partial charge in [-0.1, -0.05) is 68.3 Å². The molecule has 0 unspecified atom stereocenters. The van der Waals surface area contributed by atoms with E-state index in [0.717, 1.165) is 41.0 Å². The molecular weight excluding hydrogens is 404 g/mol. The minimum atomic E-state index is -4.71. The van der Waals surface area contributed by atoms with Crippen LogP contribution in [0, 0.1) is 11.7 Å². The highest BCUT2D eigenvalue weighted by Gasteiger charge is 2.31. The van der Waals surface area contributed by atoms with Gasteiger partial charge in [0.1, 0.15) is 11.6 Å². The van der Waals surface area contributed by atoms with Crippen molar-refractivity contribution < 1.29 is 22.3 Å². The third kappa shape index (κ3) is 5.27. The van der Waals surface area contributed by atoms with Crippen molar-refractivity contribution in [3.8, 4) is 28.0 Å². The van der Waals surface area contributed by atoms with Gasteiger partial charge in [0.15, 0.2) is 0 Å². The fourth-order valence-corrected chi connectivity index (χ4v) is 4.30. The van der Waals surface area contributed by atoms with Crippen LogP contribution < -0.4 is 4.74 Å². The molecule has 0 aliphatic heterocycles. The first-order valence-electron chi connectivity index (χ1n) is 10.5. The van der Waals surface area contributed by atoms with Crippen LogP contribution >= 0.6 is 0 Å². The smallest absolute Gasteiger partial charge is 0.406 e. The van der Waals surface area contributed by atoms with E-state index in [0.29, 0.717) is 11.5 Å². The Morgan fingerprint density at radius 3 is 1.84 bits per heavy atom. The molecule has 1 nitrogen and oxygen atoms in total. The van der Waals surface area contributed by atoms with Gasteiger partial charge in [-0.05, 0) is 65.1 Å². The Labute approximate surface area is 179 Å². The van der Waals surface area contributed by atoms with Crippen LogP contribution in [0.2, 0.25) is 0 Å². The first-order chi connectivity index (χ1) is 14.8. The third-order valence-electron chi connectivity index (χ3n) is 6.10. The fraction of sp³-hybridized carbons (Fsp3) is 0.308. The molecule has 0 spiro atoms. The molecule has 0 radical (unpaired) electrons. The Morgan fingerprint density at radius 2 is 1.29 bits per heavy atom. The quantitative estimate of drug-likeness (QED) is 0.379. The van der Waals surface area contributed by atoms with Crippen LogP contribution in [-0.4, -0.2) is 6.36 Å². The normalized spacial score (nSPS) is 19.3. The molecule has 1 aliphatic carbocycles. The van der Waals surface area contributed by atoms with Gasteiger partial charge in [-0.3, -0.25) is 0 Å². The van der Waals surface area contributed by atoms with Crippen molar-refractivity contribution in [2.45, 2.75) is 44.9 Å². The number of halogens is 4. The van der Waals surface area contributed by atoms with E-state index in [-0.39, 0.29) is 11.6 Å². The van der Waals surface area contributed by atoms with Crippen LogP contribution in [0.15, 0.2) is 66.7 Å². The van der Waals surface area contributed by atoms with Crippen molar-refractivity contribution >= 4 is 0 Å². The van der Waals surface area contributed by atoms with Crippen LogP contribution in [0.25, 0.3) is 22.3 Å². The number of benzene rings is 3. The SMILES string of the molecule is CC1CCC(c2ccc(-c3ccc(-c4ccc(OC(F)(F)F)cc4)cc3)c(F)c2)CC1. The summed E-state index contributed by atoms with van der Waals surface area (Å²) in [5.74, 6) is 0.707. The Balaban J connectivity index is 1.49. The molecule has 5 heteroatoms. The summed E-state index contributed by atoms with van der Waals surface area (Å²) in [6, 6.07) is 18.6. The zero-order valence-electron chi connectivity index (χ0n) is 17.3. The van der Waals surface area contributed by atoms with Crippen molar-refractivity contribution in [3.63, 3.8) is 0 Å². The lowest BCUT2D eigenvalue weighted by Gasteiger charge is -2.26. The standard InChI is InChI=1S/C26H24F4O/c1-17-2-4-20(5-3-17)22-12-15-24(25(27)16-22)21-8-6-18(7-9-21)19-10-13-23(14-11-19)31-26(28,29)30/h6-17,20H,2-5H2,1H3. The van der Waals surface area contributed by atoms with E-state index in [2.05, 4.69) is 11.7 Å². The summed E-state index contributed by atoms with van der Waals surface area (Å²) in [6.07, 6.45) is -0.0985. The Morgan fingerprint density at radius 1 is 0.742 bits per heavy atom. The van der Waals surface area contributed by atoms with Gasteiger partial charge in [-0.25, -0.2) is 4.39 Å². The highest BCUT2D eigenvalue weighted by molar-refractivity contribution is 5.71. The van der Waals surface area contributed by atoms with Crippen LogP contribution in [0.3, 0.4) is 0 Å². The van der Waals surface area contributed by atoms with E-state index in [9.17, 15) is 17.6 Å². The molecule has 1 fully saturated rings. The molecule has 3 aromatic rings. The van der Waals surface area contributed by atoms with Crippen molar-refractivity contribution in [3.05, 3.63) is 78.1 Å². The molecule has 1 saturated carbocycles. The van der Waals surface area contributed by atoms with Gasteiger partial charge in [0.2, 0.25) is 0 Å².